The summed E-state index contributed by atoms with van der Waals surface area (Å²) in [6.07, 6.45) is 0.650. The van der Waals surface area contributed by atoms with E-state index in [0.717, 1.165) is 5.56 Å². The lowest BCUT2D eigenvalue weighted by atomic mass is 9.98. The smallest absolute Gasteiger partial charge is 0.185 e. The topological polar surface area (TPSA) is 51.2 Å². The molecule has 0 aliphatic carbocycles. The first-order valence-electron chi connectivity index (χ1n) is 5.70. The van der Waals surface area contributed by atoms with Crippen LogP contribution in [0.2, 0.25) is 0 Å². The van der Waals surface area contributed by atoms with E-state index in [1.807, 2.05) is 0 Å². The Hall–Kier alpha value is -1.42. The molecule has 0 bridgehead atoms. The summed E-state index contributed by atoms with van der Waals surface area (Å²) in [6, 6.07) is 5.16. The molecule has 18 heavy (non-hydrogen) atoms. The maximum absolute atomic E-state index is 11.6. The molecule has 0 fully saturated rings. The van der Waals surface area contributed by atoms with Crippen LogP contribution in [0.25, 0.3) is 0 Å². The molecule has 0 aliphatic heterocycles. The van der Waals surface area contributed by atoms with Gasteiger partial charge in [-0.1, -0.05) is 23.9 Å². The molecule has 0 N–H and O–H groups in total. The van der Waals surface area contributed by atoms with Crippen molar-refractivity contribution in [2.45, 2.75) is 27.2 Å². The van der Waals surface area contributed by atoms with E-state index in [1.165, 1.54) is 32.5 Å². The van der Waals surface area contributed by atoms with Gasteiger partial charge < -0.3 is 0 Å². The SMILES string of the molecule is CC(=O)SCCc1ccc(C(C)=O)cc1C(C)=O. The van der Waals surface area contributed by atoms with Gasteiger partial charge in [0.05, 0.1) is 0 Å². The van der Waals surface area contributed by atoms with Crippen LogP contribution in [0.3, 0.4) is 0 Å². The molecule has 0 radical (unpaired) electrons. The Morgan fingerprint density at radius 1 is 1.06 bits per heavy atom. The first-order valence-corrected chi connectivity index (χ1v) is 6.68. The fraction of sp³-hybridized carbons (Fsp3) is 0.357. The quantitative estimate of drug-likeness (QED) is 0.767. The van der Waals surface area contributed by atoms with Crippen molar-refractivity contribution < 1.29 is 14.4 Å². The van der Waals surface area contributed by atoms with Crippen LogP contribution < -0.4 is 0 Å². The van der Waals surface area contributed by atoms with Crippen LogP contribution in [0.15, 0.2) is 18.2 Å². The zero-order valence-electron chi connectivity index (χ0n) is 10.8. The lowest BCUT2D eigenvalue weighted by molar-refractivity contribution is -0.109. The van der Waals surface area contributed by atoms with Crippen LogP contribution in [-0.2, 0) is 11.2 Å². The number of Topliss-reactive ketones (excluding diaryl/α,β-unsaturated/α-hetero) is 2. The van der Waals surface area contributed by atoms with E-state index in [2.05, 4.69) is 0 Å². The van der Waals surface area contributed by atoms with E-state index in [1.54, 1.807) is 18.2 Å². The standard InChI is InChI=1S/C14H16O3S/c1-9(15)13-5-4-12(6-7-18-11(3)17)14(8-13)10(2)16/h4-5,8H,6-7H2,1-3H3. The van der Waals surface area contributed by atoms with Crippen LogP contribution >= 0.6 is 11.8 Å². The number of rotatable bonds is 5. The van der Waals surface area contributed by atoms with Crippen molar-refractivity contribution >= 4 is 28.4 Å². The Morgan fingerprint density at radius 2 is 1.72 bits per heavy atom. The number of aryl methyl sites for hydroxylation is 1. The van der Waals surface area contributed by atoms with Crippen molar-refractivity contribution in [3.05, 3.63) is 34.9 Å². The van der Waals surface area contributed by atoms with E-state index in [-0.39, 0.29) is 16.7 Å². The van der Waals surface area contributed by atoms with Gasteiger partial charge in [-0.25, -0.2) is 0 Å². The van der Waals surface area contributed by atoms with Gasteiger partial charge in [-0.05, 0) is 31.9 Å². The van der Waals surface area contributed by atoms with Gasteiger partial charge in [-0.3, -0.25) is 14.4 Å². The van der Waals surface area contributed by atoms with Crippen molar-refractivity contribution in [3.8, 4) is 0 Å². The van der Waals surface area contributed by atoms with Crippen molar-refractivity contribution in [2.75, 3.05) is 5.75 Å². The Balaban J connectivity index is 2.93. The van der Waals surface area contributed by atoms with Crippen LogP contribution in [0.1, 0.15) is 47.1 Å². The Bertz CT molecular complexity index is 492. The van der Waals surface area contributed by atoms with E-state index >= 15 is 0 Å². The highest BCUT2D eigenvalue weighted by Gasteiger charge is 2.10. The predicted octanol–water partition coefficient (Wildman–Crippen LogP) is 2.91. The molecule has 1 aromatic carbocycles. The zero-order valence-corrected chi connectivity index (χ0v) is 11.6. The molecule has 0 spiro atoms. The largest absolute Gasteiger partial charge is 0.295 e. The van der Waals surface area contributed by atoms with Crippen LogP contribution in [0, 0.1) is 0 Å². The second kappa shape index (κ2) is 6.50. The van der Waals surface area contributed by atoms with Gasteiger partial charge in [-0.15, -0.1) is 0 Å². The summed E-state index contributed by atoms with van der Waals surface area (Å²) >= 11 is 1.24. The van der Waals surface area contributed by atoms with Gasteiger partial charge >= 0.3 is 0 Å². The second-order valence-corrected chi connectivity index (χ2v) is 5.35. The van der Waals surface area contributed by atoms with E-state index < -0.39 is 0 Å². The molecule has 0 heterocycles. The predicted molar refractivity (Wildman–Crippen MR) is 73.3 cm³/mol. The second-order valence-electron chi connectivity index (χ2n) is 4.07. The number of ketones is 2. The minimum atomic E-state index is -0.0547. The summed E-state index contributed by atoms with van der Waals surface area (Å²) in [5.41, 5.74) is 2.01. The molecule has 3 nitrogen and oxygen atoms in total. The van der Waals surface area contributed by atoms with Crippen LogP contribution in [0.4, 0.5) is 0 Å². The first kappa shape index (κ1) is 14.6. The average molecular weight is 264 g/mol. The third-order valence-electron chi connectivity index (χ3n) is 2.57. The molecule has 1 aromatic rings. The molecule has 1 rings (SSSR count). The van der Waals surface area contributed by atoms with Crippen molar-refractivity contribution in [1.29, 1.82) is 0 Å². The van der Waals surface area contributed by atoms with E-state index in [4.69, 9.17) is 0 Å². The lowest BCUT2D eigenvalue weighted by Crippen LogP contribution is -2.04. The van der Waals surface area contributed by atoms with E-state index in [9.17, 15) is 14.4 Å². The fourth-order valence-electron chi connectivity index (χ4n) is 1.65. The van der Waals surface area contributed by atoms with Crippen molar-refractivity contribution in [3.63, 3.8) is 0 Å². The molecule has 0 unspecified atom stereocenters. The summed E-state index contributed by atoms with van der Waals surface area (Å²) in [6.45, 7) is 4.49. The maximum Gasteiger partial charge on any atom is 0.185 e. The summed E-state index contributed by atoms with van der Waals surface area (Å²) in [5, 5.41) is 0.0692. The Kier molecular flexibility index (Phi) is 5.28. The molecular weight excluding hydrogens is 248 g/mol. The van der Waals surface area contributed by atoms with Gasteiger partial charge in [0.15, 0.2) is 16.7 Å². The number of thioether (sulfide) groups is 1. The third-order valence-corrected chi connectivity index (χ3v) is 3.39. The number of carbonyl (C=O) groups excluding carboxylic acids is 3. The highest BCUT2D eigenvalue weighted by Crippen LogP contribution is 2.16. The van der Waals surface area contributed by atoms with Gasteiger partial charge in [0.2, 0.25) is 0 Å². The molecule has 0 saturated heterocycles. The summed E-state index contributed by atoms with van der Waals surface area (Å²) in [4.78, 5) is 33.7. The monoisotopic (exact) mass is 264 g/mol. The van der Waals surface area contributed by atoms with Gasteiger partial charge in [0, 0.05) is 23.8 Å². The number of hydrogen-bond donors (Lipinski definition) is 0. The van der Waals surface area contributed by atoms with Crippen LogP contribution in [-0.4, -0.2) is 22.4 Å². The lowest BCUT2D eigenvalue weighted by Gasteiger charge is -2.08. The Morgan fingerprint density at radius 3 is 2.22 bits per heavy atom. The minimum Gasteiger partial charge on any atom is -0.295 e. The first-order chi connectivity index (χ1) is 8.41. The van der Waals surface area contributed by atoms with Crippen molar-refractivity contribution in [1.82, 2.24) is 0 Å². The van der Waals surface area contributed by atoms with E-state index in [0.29, 0.717) is 23.3 Å². The number of benzene rings is 1. The average Bonchev–Trinajstić information content (AvgIpc) is 2.28. The summed E-state index contributed by atoms with van der Waals surface area (Å²) in [5.74, 6) is 0.540. The summed E-state index contributed by atoms with van der Waals surface area (Å²) in [7, 11) is 0. The number of hydrogen-bond acceptors (Lipinski definition) is 4. The molecule has 96 valence electrons. The van der Waals surface area contributed by atoms with Gasteiger partial charge in [-0.2, -0.15) is 0 Å². The molecule has 0 aliphatic rings. The number of carbonyl (C=O) groups is 3. The molecule has 0 amide bonds. The molecule has 0 atom stereocenters. The zero-order chi connectivity index (χ0) is 13.7. The minimum absolute atomic E-state index is 0.0536. The molecular formula is C14H16O3S. The molecule has 0 aromatic heterocycles. The normalized spacial score (nSPS) is 10.2. The Labute approximate surface area is 111 Å². The summed E-state index contributed by atoms with van der Waals surface area (Å²) < 4.78 is 0. The highest BCUT2D eigenvalue weighted by atomic mass is 32.2. The highest BCUT2D eigenvalue weighted by molar-refractivity contribution is 8.13. The molecule has 4 heteroatoms. The van der Waals surface area contributed by atoms with Gasteiger partial charge in [0.25, 0.3) is 0 Å². The third kappa shape index (κ3) is 4.11. The molecule has 0 saturated carbocycles. The van der Waals surface area contributed by atoms with Gasteiger partial charge in [0.1, 0.15) is 0 Å². The van der Waals surface area contributed by atoms with Crippen LogP contribution in [0.5, 0.6) is 0 Å². The van der Waals surface area contributed by atoms with Crippen molar-refractivity contribution in [2.24, 2.45) is 0 Å². The fourth-order valence-corrected chi connectivity index (χ4v) is 2.26. The maximum atomic E-state index is 11.6.